The molecule has 2 saturated carbocycles. The van der Waals surface area contributed by atoms with Crippen molar-refractivity contribution in [3.05, 3.63) is 0 Å². The summed E-state index contributed by atoms with van der Waals surface area (Å²) in [5, 5.41) is 0. The molecule has 0 aromatic heterocycles. The van der Waals surface area contributed by atoms with E-state index in [2.05, 4.69) is 20.8 Å². The zero-order valence-electron chi connectivity index (χ0n) is 8.52. The molecule has 0 N–H and O–H groups in total. The van der Waals surface area contributed by atoms with Crippen LogP contribution in [-0.4, -0.2) is 5.67 Å². The van der Waals surface area contributed by atoms with Crippen LogP contribution in [0.3, 0.4) is 0 Å². The van der Waals surface area contributed by atoms with Crippen molar-refractivity contribution in [2.24, 2.45) is 23.2 Å². The standard InChI is InChI=1S/C11H19F/c1-10(2,3)9-7-5-11(4,12)6-8(7)9/h7-9H,5-6H2,1-4H3. The van der Waals surface area contributed by atoms with Gasteiger partial charge in [-0.15, -0.1) is 0 Å². The maximum Gasteiger partial charge on any atom is 0.108 e. The van der Waals surface area contributed by atoms with E-state index in [9.17, 15) is 4.39 Å². The fourth-order valence-electron chi connectivity index (χ4n) is 3.35. The second-order valence-electron chi connectivity index (χ2n) is 6.04. The molecule has 2 unspecified atom stereocenters. The normalized spacial score (nSPS) is 52.2. The van der Waals surface area contributed by atoms with Gasteiger partial charge in [0.2, 0.25) is 0 Å². The Kier molecular flexibility index (Phi) is 1.46. The molecule has 2 aliphatic rings. The van der Waals surface area contributed by atoms with E-state index in [1.807, 2.05) is 0 Å². The third kappa shape index (κ3) is 1.18. The van der Waals surface area contributed by atoms with Gasteiger partial charge in [0.05, 0.1) is 0 Å². The molecule has 2 fully saturated rings. The summed E-state index contributed by atoms with van der Waals surface area (Å²) in [4.78, 5) is 0. The highest BCUT2D eigenvalue weighted by atomic mass is 19.1. The maximum absolute atomic E-state index is 13.5. The van der Waals surface area contributed by atoms with Crippen LogP contribution in [0.1, 0.15) is 40.5 Å². The highest BCUT2D eigenvalue weighted by molar-refractivity contribution is 5.11. The first kappa shape index (κ1) is 8.52. The molecule has 0 spiro atoms. The van der Waals surface area contributed by atoms with E-state index in [4.69, 9.17) is 0 Å². The Hall–Kier alpha value is -0.0700. The van der Waals surface area contributed by atoms with Crippen LogP contribution in [0.25, 0.3) is 0 Å². The van der Waals surface area contributed by atoms with Crippen LogP contribution in [0.5, 0.6) is 0 Å². The number of rotatable bonds is 0. The van der Waals surface area contributed by atoms with Gasteiger partial charge in [-0.05, 0) is 42.9 Å². The van der Waals surface area contributed by atoms with Crippen LogP contribution >= 0.6 is 0 Å². The molecule has 2 atom stereocenters. The Morgan fingerprint density at radius 2 is 1.58 bits per heavy atom. The van der Waals surface area contributed by atoms with Crippen molar-refractivity contribution in [2.45, 2.75) is 46.2 Å². The Labute approximate surface area is 74.5 Å². The number of fused-ring (bicyclic) bond motifs is 1. The molecule has 2 rings (SSSR count). The summed E-state index contributed by atoms with van der Waals surface area (Å²) in [6.45, 7) is 8.61. The van der Waals surface area contributed by atoms with Crippen molar-refractivity contribution in [1.29, 1.82) is 0 Å². The van der Waals surface area contributed by atoms with Gasteiger partial charge in [0, 0.05) is 0 Å². The van der Waals surface area contributed by atoms with Crippen molar-refractivity contribution < 1.29 is 4.39 Å². The van der Waals surface area contributed by atoms with Crippen LogP contribution in [0.15, 0.2) is 0 Å². The third-order valence-electron chi connectivity index (χ3n) is 3.65. The summed E-state index contributed by atoms with van der Waals surface area (Å²) in [7, 11) is 0. The first-order valence-corrected chi connectivity index (χ1v) is 5.00. The molecular weight excluding hydrogens is 151 g/mol. The quantitative estimate of drug-likeness (QED) is 0.522. The van der Waals surface area contributed by atoms with Crippen LogP contribution in [-0.2, 0) is 0 Å². The molecular formula is C11H19F. The van der Waals surface area contributed by atoms with E-state index >= 15 is 0 Å². The molecule has 0 nitrogen and oxygen atoms in total. The lowest BCUT2D eigenvalue weighted by atomic mass is 9.83. The average Bonchev–Trinajstić information content (AvgIpc) is 2.30. The summed E-state index contributed by atoms with van der Waals surface area (Å²) in [5.41, 5.74) is -0.428. The van der Waals surface area contributed by atoms with Crippen LogP contribution in [0.2, 0.25) is 0 Å². The number of hydrogen-bond donors (Lipinski definition) is 0. The second-order valence-corrected chi connectivity index (χ2v) is 6.04. The van der Waals surface area contributed by atoms with Crippen LogP contribution < -0.4 is 0 Å². The molecule has 0 aromatic rings. The first-order chi connectivity index (χ1) is 5.31. The van der Waals surface area contributed by atoms with E-state index in [-0.39, 0.29) is 0 Å². The largest absolute Gasteiger partial charge is 0.244 e. The summed E-state index contributed by atoms with van der Waals surface area (Å²) in [5.74, 6) is 2.22. The average molecular weight is 170 g/mol. The SMILES string of the molecule is CC1(F)CC2C(C1)C2C(C)(C)C. The highest BCUT2D eigenvalue weighted by Gasteiger charge is 2.63. The van der Waals surface area contributed by atoms with Gasteiger partial charge in [-0.2, -0.15) is 0 Å². The summed E-state index contributed by atoms with van der Waals surface area (Å²) < 4.78 is 13.5. The zero-order valence-corrected chi connectivity index (χ0v) is 8.52. The topological polar surface area (TPSA) is 0 Å². The number of halogens is 1. The van der Waals surface area contributed by atoms with E-state index in [0.717, 1.165) is 18.8 Å². The predicted molar refractivity (Wildman–Crippen MR) is 48.7 cm³/mol. The van der Waals surface area contributed by atoms with Crippen molar-refractivity contribution >= 4 is 0 Å². The van der Waals surface area contributed by atoms with Gasteiger partial charge in [0.1, 0.15) is 5.67 Å². The second kappa shape index (κ2) is 2.05. The van der Waals surface area contributed by atoms with Crippen molar-refractivity contribution in [3.63, 3.8) is 0 Å². The van der Waals surface area contributed by atoms with Gasteiger partial charge in [-0.1, -0.05) is 20.8 Å². The smallest absolute Gasteiger partial charge is 0.108 e. The highest BCUT2D eigenvalue weighted by Crippen LogP contribution is 2.67. The lowest BCUT2D eigenvalue weighted by Gasteiger charge is -2.24. The monoisotopic (exact) mass is 170 g/mol. The molecule has 0 amide bonds. The fourth-order valence-corrected chi connectivity index (χ4v) is 3.35. The molecule has 2 aliphatic carbocycles. The number of alkyl halides is 1. The van der Waals surface area contributed by atoms with Crippen molar-refractivity contribution in [1.82, 2.24) is 0 Å². The lowest BCUT2D eigenvalue weighted by molar-refractivity contribution is 0.148. The Morgan fingerprint density at radius 1 is 1.17 bits per heavy atom. The first-order valence-electron chi connectivity index (χ1n) is 5.00. The summed E-state index contributed by atoms with van der Waals surface area (Å²) in [6, 6.07) is 0. The minimum atomic E-state index is -0.836. The van der Waals surface area contributed by atoms with Gasteiger partial charge in [0.25, 0.3) is 0 Å². The molecule has 12 heavy (non-hydrogen) atoms. The van der Waals surface area contributed by atoms with E-state index < -0.39 is 5.67 Å². The minimum Gasteiger partial charge on any atom is -0.244 e. The molecule has 0 heterocycles. The molecule has 70 valence electrons. The van der Waals surface area contributed by atoms with Gasteiger partial charge >= 0.3 is 0 Å². The Balaban J connectivity index is 2.00. The van der Waals surface area contributed by atoms with E-state index in [1.165, 1.54) is 0 Å². The fraction of sp³-hybridized carbons (Fsp3) is 1.00. The van der Waals surface area contributed by atoms with Crippen molar-refractivity contribution in [3.8, 4) is 0 Å². The summed E-state index contributed by atoms with van der Waals surface area (Å²) in [6.07, 6.45) is 1.64. The third-order valence-corrected chi connectivity index (χ3v) is 3.65. The molecule has 0 aromatic carbocycles. The van der Waals surface area contributed by atoms with Crippen molar-refractivity contribution in [2.75, 3.05) is 0 Å². The zero-order chi connectivity index (χ0) is 9.15. The molecule has 0 saturated heterocycles. The molecule has 1 heteroatoms. The molecule has 0 radical (unpaired) electrons. The Morgan fingerprint density at radius 3 is 1.92 bits per heavy atom. The van der Waals surface area contributed by atoms with Gasteiger partial charge in [-0.3, -0.25) is 0 Å². The van der Waals surface area contributed by atoms with E-state index in [1.54, 1.807) is 6.92 Å². The van der Waals surface area contributed by atoms with E-state index in [0.29, 0.717) is 17.3 Å². The van der Waals surface area contributed by atoms with Gasteiger partial charge in [0.15, 0.2) is 0 Å². The van der Waals surface area contributed by atoms with Gasteiger partial charge < -0.3 is 0 Å². The lowest BCUT2D eigenvalue weighted by Crippen LogP contribution is -2.21. The Bertz CT molecular complexity index is 186. The maximum atomic E-state index is 13.5. The molecule has 0 bridgehead atoms. The van der Waals surface area contributed by atoms with Gasteiger partial charge in [-0.25, -0.2) is 4.39 Å². The predicted octanol–water partition coefficient (Wildman–Crippen LogP) is 3.42. The molecule has 0 aliphatic heterocycles. The summed E-state index contributed by atoms with van der Waals surface area (Å²) >= 11 is 0. The minimum absolute atomic E-state index is 0.409. The van der Waals surface area contributed by atoms with Crippen LogP contribution in [0, 0.1) is 23.2 Å². The number of hydrogen-bond acceptors (Lipinski definition) is 0. The van der Waals surface area contributed by atoms with Crippen LogP contribution in [0.4, 0.5) is 4.39 Å².